The molecule has 2 aliphatic heterocycles. The first kappa shape index (κ1) is 9.00. The van der Waals surface area contributed by atoms with Crippen molar-refractivity contribution in [3.8, 4) is 0 Å². The fraction of sp³-hybridized carbons (Fsp3) is 0.900. The second kappa shape index (κ2) is 3.66. The molecule has 0 aromatic rings. The Morgan fingerprint density at radius 2 is 2.38 bits per heavy atom. The maximum Gasteiger partial charge on any atom is 0.222 e. The summed E-state index contributed by atoms with van der Waals surface area (Å²) >= 11 is 0. The van der Waals surface area contributed by atoms with Gasteiger partial charge in [-0.25, -0.2) is 0 Å². The summed E-state index contributed by atoms with van der Waals surface area (Å²) in [5.74, 6) is 1.15. The minimum absolute atomic E-state index is 0.312. The summed E-state index contributed by atoms with van der Waals surface area (Å²) in [6.45, 7) is 5.01. The SMILES string of the molecule is CCC(=O)N1CC[C@@H]2CCN[C@@H]2C1. The second-order valence-electron chi connectivity index (χ2n) is 4.09. The van der Waals surface area contributed by atoms with Crippen LogP contribution in [-0.2, 0) is 4.79 Å². The highest BCUT2D eigenvalue weighted by atomic mass is 16.2. The molecule has 0 bridgehead atoms. The lowest BCUT2D eigenvalue weighted by Crippen LogP contribution is -2.48. The van der Waals surface area contributed by atoms with Crippen molar-refractivity contribution in [2.24, 2.45) is 5.92 Å². The molecule has 0 aliphatic carbocycles. The number of carbonyl (C=O) groups is 1. The van der Waals surface area contributed by atoms with E-state index in [1.165, 1.54) is 12.8 Å². The van der Waals surface area contributed by atoms with Crippen molar-refractivity contribution in [1.29, 1.82) is 0 Å². The van der Waals surface area contributed by atoms with Crippen LogP contribution in [0.2, 0.25) is 0 Å². The number of likely N-dealkylation sites (tertiary alicyclic amines) is 1. The molecule has 0 saturated carbocycles. The first-order chi connectivity index (χ1) is 6.31. The number of carbonyl (C=O) groups excluding carboxylic acids is 1. The van der Waals surface area contributed by atoms with E-state index in [2.05, 4.69) is 5.32 Å². The molecule has 3 heteroatoms. The van der Waals surface area contributed by atoms with Crippen molar-refractivity contribution in [3.63, 3.8) is 0 Å². The normalized spacial score (nSPS) is 33.2. The van der Waals surface area contributed by atoms with Crippen molar-refractivity contribution in [2.45, 2.75) is 32.2 Å². The van der Waals surface area contributed by atoms with E-state index in [0.717, 1.165) is 25.6 Å². The second-order valence-corrected chi connectivity index (χ2v) is 4.09. The molecular formula is C10H18N2O. The van der Waals surface area contributed by atoms with Gasteiger partial charge in [0, 0.05) is 25.6 Å². The summed E-state index contributed by atoms with van der Waals surface area (Å²) in [6.07, 6.45) is 3.15. The molecule has 1 amide bonds. The Balaban J connectivity index is 1.93. The fourth-order valence-electron chi connectivity index (χ4n) is 2.48. The van der Waals surface area contributed by atoms with Crippen molar-refractivity contribution < 1.29 is 4.79 Å². The van der Waals surface area contributed by atoms with Crippen LogP contribution in [0.25, 0.3) is 0 Å². The number of rotatable bonds is 1. The summed E-state index contributed by atoms with van der Waals surface area (Å²) in [4.78, 5) is 13.5. The van der Waals surface area contributed by atoms with Gasteiger partial charge in [0.2, 0.25) is 5.91 Å². The lowest BCUT2D eigenvalue weighted by Gasteiger charge is -2.34. The Labute approximate surface area is 79.5 Å². The number of nitrogens with zero attached hydrogens (tertiary/aromatic N) is 1. The number of hydrogen-bond donors (Lipinski definition) is 1. The van der Waals surface area contributed by atoms with Crippen molar-refractivity contribution >= 4 is 5.91 Å². The van der Waals surface area contributed by atoms with Gasteiger partial charge in [0.05, 0.1) is 0 Å². The molecule has 2 aliphatic rings. The Morgan fingerprint density at radius 3 is 3.15 bits per heavy atom. The molecule has 0 unspecified atom stereocenters. The van der Waals surface area contributed by atoms with Crippen LogP contribution in [0, 0.1) is 5.92 Å². The zero-order valence-electron chi connectivity index (χ0n) is 8.25. The Bertz CT molecular complexity index is 205. The molecule has 0 aromatic heterocycles. The third-order valence-corrected chi connectivity index (χ3v) is 3.33. The topological polar surface area (TPSA) is 32.3 Å². The van der Waals surface area contributed by atoms with Crippen LogP contribution in [0.3, 0.4) is 0 Å². The van der Waals surface area contributed by atoms with E-state index >= 15 is 0 Å². The largest absolute Gasteiger partial charge is 0.341 e. The van der Waals surface area contributed by atoms with Gasteiger partial charge in [-0.1, -0.05) is 6.92 Å². The van der Waals surface area contributed by atoms with Crippen molar-refractivity contribution in [2.75, 3.05) is 19.6 Å². The molecule has 2 atom stereocenters. The van der Waals surface area contributed by atoms with Gasteiger partial charge in [-0.05, 0) is 25.3 Å². The highest BCUT2D eigenvalue weighted by Gasteiger charge is 2.33. The minimum Gasteiger partial charge on any atom is -0.341 e. The van der Waals surface area contributed by atoms with Gasteiger partial charge < -0.3 is 10.2 Å². The third-order valence-electron chi connectivity index (χ3n) is 3.33. The van der Waals surface area contributed by atoms with E-state index in [9.17, 15) is 4.79 Å². The monoisotopic (exact) mass is 182 g/mol. The summed E-state index contributed by atoms with van der Waals surface area (Å²) in [5, 5.41) is 3.47. The number of hydrogen-bond acceptors (Lipinski definition) is 2. The smallest absolute Gasteiger partial charge is 0.222 e. The van der Waals surface area contributed by atoms with E-state index in [0.29, 0.717) is 18.4 Å². The van der Waals surface area contributed by atoms with Crippen molar-refractivity contribution in [3.05, 3.63) is 0 Å². The molecule has 0 radical (unpaired) electrons. The molecule has 1 N–H and O–H groups in total. The molecule has 2 fully saturated rings. The van der Waals surface area contributed by atoms with Gasteiger partial charge in [-0.2, -0.15) is 0 Å². The Morgan fingerprint density at radius 1 is 1.54 bits per heavy atom. The third kappa shape index (κ3) is 1.70. The van der Waals surface area contributed by atoms with E-state index in [-0.39, 0.29) is 0 Å². The highest BCUT2D eigenvalue weighted by molar-refractivity contribution is 5.75. The lowest BCUT2D eigenvalue weighted by atomic mass is 9.92. The molecule has 0 aromatic carbocycles. The molecule has 3 nitrogen and oxygen atoms in total. The fourth-order valence-corrected chi connectivity index (χ4v) is 2.48. The first-order valence-electron chi connectivity index (χ1n) is 5.32. The van der Waals surface area contributed by atoms with Crippen LogP contribution in [0.15, 0.2) is 0 Å². The van der Waals surface area contributed by atoms with E-state index in [1.807, 2.05) is 11.8 Å². The lowest BCUT2D eigenvalue weighted by molar-refractivity contribution is -0.132. The molecule has 2 heterocycles. The van der Waals surface area contributed by atoms with E-state index < -0.39 is 0 Å². The predicted molar refractivity (Wildman–Crippen MR) is 51.4 cm³/mol. The molecule has 0 spiro atoms. The Kier molecular flexibility index (Phi) is 2.54. The maximum atomic E-state index is 11.5. The van der Waals surface area contributed by atoms with Gasteiger partial charge in [0.1, 0.15) is 0 Å². The Hall–Kier alpha value is -0.570. The summed E-state index contributed by atoms with van der Waals surface area (Å²) in [6, 6.07) is 0.587. The molecule has 2 rings (SSSR count). The van der Waals surface area contributed by atoms with Gasteiger partial charge in [0.15, 0.2) is 0 Å². The van der Waals surface area contributed by atoms with Crippen LogP contribution in [0.5, 0.6) is 0 Å². The summed E-state index contributed by atoms with van der Waals surface area (Å²) in [7, 11) is 0. The first-order valence-corrected chi connectivity index (χ1v) is 5.32. The summed E-state index contributed by atoms with van der Waals surface area (Å²) < 4.78 is 0. The molecule has 13 heavy (non-hydrogen) atoms. The standard InChI is InChI=1S/C10H18N2O/c1-2-10(13)12-6-4-8-3-5-11-9(8)7-12/h8-9,11H,2-7H2,1H3/t8-,9+/m0/s1. The number of amides is 1. The van der Waals surface area contributed by atoms with Crippen LogP contribution >= 0.6 is 0 Å². The highest BCUT2D eigenvalue weighted by Crippen LogP contribution is 2.25. The quantitative estimate of drug-likeness (QED) is 0.644. The predicted octanol–water partition coefficient (Wildman–Crippen LogP) is 0.607. The number of nitrogens with one attached hydrogen (secondary N) is 1. The van der Waals surface area contributed by atoms with Gasteiger partial charge in [-0.15, -0.1) is 0 Å². The van der Waals surface area contributed by atoms with E-state index in [1.54, 1.807) is 0 Å². The average molecular weight is 182 g/mol. The van der Waals surface area contributed by atoms with Gasteiger partial charge in [0.25, 0.3) is 0 Å². The van der Waals surface area contributed by atoms with Crippen LogP contribution in [0.1, 0.15) is 26.2 Å². The zero-order valence-corrected chi connectivity index (χ0v) is 8.25. The van der Waals surface area contributed by atoms with Gasteiger partial charge in [-0.3, -0.25) is 4.79 Å². The molecule has 74 valence electrons. The molecule has 2 saturated heterocycles. The van der Waals surface area contributed by atoms with Crippen LogP contribution in [0.4, 0.5) is 0 Å². The average Bonchev–Trinajstić information content (AvgIpc) is 2.63. The van der Waals surface area contributed by atoms with Gasteiger partial charge >= 0.3 is 0 Å². The minimum atomic E-state index is 0.312. The van der Waals surface area contributed by atoms with E-state index in [4.69, 9.17) is 0 Å². The summed E-state index contributed by atoms with van der Waals surface area (Å²) in [5.41, 5.74) is 0. The van der Waals surface area contributed by atoms with Crippen LogP contribution in [-0.4, -0.2) is 36.5 Å². The maximum absolute atomic E-state index is 11.5. The number of fused-ring (bicyclic) bond motifs is 1. The number of piperidine rings is 1. The van der Waals surface area contributed by atoms with Crippen molar-refractivity contribution in [1.82, 2.24) is 10.2 Å². The van der Waals surface area contributed by atoms with Crippen LogP contribution < -0.4 is 5.32 Å². The molecular weight excluding hydrogens is 164 g/mol. The zero-order chi connectivity index (χ0) is 9.26.